The molecule has 0 radical (unpaired) electrons. The molecule has 19 heteroatoms. The number of hydrogen-bond donors (Lipinski definition) is 3. The molecule has 0 amide bonds. The Kier molecular flexibility index (Phi) is 76.8. The lowest BCUT2D eigenvalue weighted by Crippen LogP contribution is -2.30. The van der Waals surface area contributed by atoms with Crippen LogP contribution < -0.4 is 0 Å². The summed E-state index contributed by atoms with van der Waals surface area (Å²) in [5.74, 6) is -2.13. The Bertz CT molecular complexity index is 2060. The first-order valence-corrected chi connectivity index (χ1v) is 46.6. The third-order valence-corrected chi connectivity index (χ3v) is 21.4. The number of aliphatic hydroxyl groups is 1. The zero-order chi connectivity index (χ0) is 76.0. The molecule has 2 unspecified atom stereocenters. The van der Waals surface area contributed by atoms with Crippen molar-refractivity contribution in [2.24, 2.45) is 0 Å². The molecule has 0 spiro atoms. The van der Waals surface area contributed by atoms with E-state index in [-0.39, 0.29) is 25.7 Å². The highest BCUT2D eigenvalue weighted by Gasteiger charge is 2.30. The van der Waals surface area contributed by atoms with Gasteiger partial charge in [0.2, 0.25) is 0 Å². The molecule has 614 valence electrons. The van der Waals surface area contributed by atoms with Gasteiger partial charge in [-0.2, -0.15) is 0 Å². The number of carbonyl (C=O) groups excluding carboxylic acids is 4. The van der Waals surface area contributed by atoms with Crippen molar-refractivity contribution in [1.82, 2.24) is 0 Å². The van der Waals surface area contributed by atoms with Crippen molar-refractivity contribution in [3.05, 3.63) is 24.3 Å². The maximum atomic E-state index is 13.1. The topological polar surface area (TPSA) is 237 Å². The van der Waals surface area contributed by atoms with Crippen LogP contribution in [0.1, 0.15) is 439 Å². The summed E-state index contributed by atoms with van der Waals surface area (Å²) >= 11 is 0. The molecule has 0 heterocycles. The van der Waals surface area contributed by atoms with E-state index < -0.39 is 97.5 Å². The zero-order valence-electron chi connectivity index (χ0n) is 67.5. The Morgan fingerprint density at radius 2 is 0.471 bits per heavy atom. The molecule has 0 aliphatic rings. The molecule has 17 nitrogen and oxygen atoms in total. The number of carbonyl (C=O) groups is 4. The number of phosphoric ester groups is 2. The summed E-state index contributed by atoms with van der Waals surface area (Å²) in [6.07, 6.45) is 75.6. The summed E-state index contributed by atoms with van der Waals surface area (Å²) in [6.45, 7) is 4.99. The first-order chi connectivity index (χ1) is 50.7. The second-order valence-electron chi connectivity index (χ2n) is 29.9. The van der Waals surface area contributed by atoms with Gasteiger partial charge in [0.05, 0.1) is 26.4 Å². The average Bonchev–Trinajstić information content (AvgIpc) is 1.21. The summed E-state index contributed by atoms with van der Waals surface area (Å²) in [6, 6.07) is 0. The molecule has 0 aromatic heterocycles. The second kappa shape index (κ2) is 78.7. The van der Waals surface area contributed by atoms with E-state index in [0.717, 1.165) is 109 Å². The first-order valence-electron chi connectivity index (χ1n) is 43.6. The van der Waals surface area contributed by atoms with Crippen LogP contribution in [0.25, 0.3) is 0 Å². The van der Waals surface area contributed by atoms with Crippen molar-refractivity contribution in [2.75, 3.05) is 39.6 Å². The van der Waals surface area contributed by atoms with Crippen LogP contribution in [0.4, 0.5) is 0 Å². The number of ether oxygens (including phenoxy) is 4. The van der Waals surface area contributed by atoms with E-state index in [4.69, 9.17) is 37.0 Å². The fourth-order valence-electron chi connectivity index (χ4n) is 12.8. The second-order valence-corrected chi connectivity index (χ2v) is 32.8. The number of rotatable bonds is 84. The van der Waals surface area contributed by atoms with Gasteiger partial charge < -0.3 is 33.8 Å². The molecule has 3 N–H and O–H groups in total. The molecule has 0 aliphatic carbocycles. The number of aliphatic hydroxyl groups excluding tert-OH is 1. The SMILES string of the molecule is CCCCC/C=C\C/C=C\CCCCCCCC(=O)O[C@H](COC(=O)CCCCCCCCCCCCCCCCCCC)COP(=O)(O)OC[C@@H](O)COP(=O)(O)OC[C@@H](COC(=O)CCCCCCCCCCCCCCCCCCC)OC(=O)CCCCCCCCCCCCCCCCC. The zero-order valence-corrected chi connectivity index (χ0v) is 69.3. The van der Waals surface area contributed by atoms with Crippen LogP contribution in [0.15, 0.2) is 24.3 Å². The molecule has 0 saturated heterocycles. The number of hydrogen-bond acceptors (Lipinski definition) is 15. The van der Waals surface area contributed by atoms with Gasteiger partial charge in [0, 0.05) is 25.7 Å². The molecule has 104 heavy (non-hydrogen) atoms. The summed E-state index contributed by atoms with van der Waals surface area (Å²) in [5.41, 5.74) is 0. The van der Waals surface area contributed by atoms with Crippen LogP contribution in [-0.4, -0.2) is 96.7 Å². The van der Waals surface area contributed by atoms with E-state index >= 15 is 0 Å². The molecule has 0 saturated carbocycles. The van der Waals surface area contributed by atoms with E-state index in [0.29, 0.717) is 25.7 Å². The van der Waals surface area contributed by atoms with E-state index in [9.17, 15) is 43.2 Å². The molecule has 0 bridgehead atoms. The van der Waals surface area contributed by atoms with Crippen molar-refractivity contribution in [1.29, 1.82) is 0 Å². The maximum absolute atomic E-state index is 13.1. The highest BCUT2D eigenvalue weighted by molar-refractivity contribution is 7.47. The number of unbranched alkanes of at least 4 members (excludes halogenated alkanes) is 54. The van der Waals surface area contributed by atoms with Gasteiger partial charge in [-0.3, -0.25) is 37.3 Å². The first kappa shape index (κ1) is 102. The van der Waals surface area contributed by atoms with Crippen molar-refractivity contribution in [3.63, 3.8) is 0 Å². The van der Waals surface area contributed by atoms with Gasteiger partial charge in [0.1, 0.15) is 19.3 Å². The van der Waals surface area contributed by atoms with Crippen LogP contribution >= 0.6 is 15.6 Å². The average molecular weight is 1520 g/mol. The summed E-state index contributed by atoms with van der Waals surface area (Å²) in [5, 5.41) is 10.7. The summed E-state index contributed by atoms with van der Waals surface area (Å²) in [7, 11) is -9.94. The van der Waals surface area contributed by atoms with Gasteiger partial charge in [-0.05, 0) is 57.8 Å². The monoisotopic (exact) mass is 1520 g/mol. The fourth-order valence-corrected chi connectivity index (χ4v) is 14.4. The predicted octanol–water partition coefficient (Wildman–Crippen LogP) is 25.7. The van der Waals surface area contributed by atoms with Crippen molar-refractivity contribution >= 4 is 39.5 Å². The molecule has 5 atom stereocenters. The smallest absolute Gasteiger partial charge is 0.462 e. The quantitative estimate of drug-likeness (QED) is 0.0169. The third kappa shape index (κ3) is 77.7. The normalized spacial score (nSPS) is 13.9. The third-order valence-electron chi connectivity index (χ3n) is 19.4. The van der Waals surface area contributed by atoms with E-state index in [1.54, 1.807) is 0 Å². The van der Waals surface area contributed by atoms with Crippen LogP contribution in [0.2, 0.25) is 0 Å². The Morgan fingerprint density at radius 1 is 0.269 bits per heavy atom. The van der Waals surface area contributed by atoms with Gasteiger partial charge in [-0.25, -0.2) is 9.13 Å². The maximum Gasteiger partial charge on any atom is 0.472 e. The van der Waals surface area contributed by atoms with E-state index in [2.05, 4.69) is 52.0 Å². The minimum atomic E-state index is -4.97. The highest BCUT2D eigenvalue weighted by atomic mass is 31.2. The van der Waals surface area contributed by atoms with Gasteiger partial charge >= 0.3 is 39.5 Å². The van der Waals surface area contributed by atoms with Crippen molar-refractivity contribution in [2.45, 2.75) is 457 Å². The number of phosphoric acid groups is 2. The lowest BCUT2D eigenvalue weighted by atomic mass is 10.0. The molecule has 0 rings (SSSR count). The minimum Gasteiger partial charge on any atom is -0.462 e. The van der Waals surface area contributed by atoms with Gasteiger partial charge in [0.15, 0.2) is 12.2 Å². The largest absolute Gasteiger partial charge is 0.472 e. The Balaban J connectivity index is 5.29. The number of allylic oxidation sites excluding steroid dienone is 4. The molecule has 0 aliphatic heterocycles. The molecular weight excluding hydrogens is 1350 g/mol. The van der Waals surface area contributed by atoms with Gasteiger partial charge in [-0.1, -0.05) is 379 Å². The van der Waals surface area contributed by atoms with E-state index in [1.165, 1.54) is 250 Å². The summed E-state index contributed by atoms with van der Waals surface area (Å²) in [4.78, 5) is 73.2. The molecule has 0 fully saturated rings. The Labute approximate surface area is 637 Å². The standard InChI is InChI=1S/C85H162O17P2/c1-5-9-13-17-21-25-29-33-37-39-43-45-49-53-57-61-65-69-82(87)95-75-80(101-84(89)71-67-63-59-55-51-47-41-35-31-27-23-19-15-11-7-3)77-99-103(91,92)97-73-79(86)74-98-104(93,94)100-78-81(102-85(90)72-68-64-60-56-52-48-42-36-32-28-24-20-16-12-8-4)76-96-83(88)70-66-62-58-54-50-46-44-40-38-34-30-26-22-18-14-10-6-2/h23,27,35,41,79-81,86H,5-22,24-26,28-34,36-40,42-78H2,1-4H3,(H,91,92)(H,93,94)/b27-23-,41-35-/t79-,80-,81-/m1/s1. The highest BCUT2D eigenvalue weighted by Crippen LogP contribution is 2.45. The van der Waals surface area contributed by atoms with E-state index in [1.807, 2.05) is 0 Å². The Morgan fingerprint density at radius 3 is 0.731 bits per heavy atom. The van der Waals surface area contributed by atoms with Gasteiger partial charge in [-0.15, -0.1) is 0 Å². The van der Waals surface area contributed by atoms with Crippen LogP contribution in [0.5, 0.6) is 0 Å². The molecular formula is C85H162O17P2. The molecule has 0 aromatic rings. The van der Waals surface area contributed by atoms with Gasteiger partial charge in [0.25, 0.3) is 0 Å². The lowest BCUT2D eigenvalue weighted by Gasteiger charge is -2.21. The van der Waals surface area contributed by atoms with Crippen molar-refractivity contribution < 1.29 is 80.2 Å². The van der Waals surface area contributed by atoms with Crippen LogP contribution in [0.3, 0.4) is 0 Å². The fraction of sp³-hybridized carbons (Fsp3) is 0.906. The lowest BCUT2D eigenvalue weighted by molar-refractivity contribution is -0.161. The number of esters is 4. The van der Waals surface area contributed by atoms with Crippen LogP contribution in [-0.2, 0) is 65.4 Å². The molecule has 0 aromatic carbocycles. The summed E-state index contributed by atoms with van der Waals surface area (Å²) < 4.78 is 68.9. The van der Waals surface area contributed by atoms with Crippen molar-refractivity contribution in [3.8, 4) is 0 Å². The minimum absolute atomic E-state index is 0.0879. The van der Waals surface area contributed by atoms with Crippen LogP contribution in [0, 0.1) is 0 Å². The Hall–Kier alpha value is -2.46. The predicted molar refractivity (Wildman–Crippen MR) is 428 cm³/mol.